The van der Waals surface area contributed by atoms with Gasteiger partial charge in [-0.15, -0.1) is 0 Å². The molecule has 5 heteroatoms. The molecule has 0 spiro atoms. The molecule has 1 aromatic carbocycles. The molecule has 0 radical (unpaired) electrons. The van der Waals surface area contributed by atoms with Gasteiger partial charge in [0.15, 0.2) is 0 Å². The molecular formula is C16H20BrNO3. The number of carbonyl (C=O) groups excluding carboxylic acids is 2. The van der Waals surface area contributed by atoms with Crippen LogP contribution in [0.25, 0.3) is 0 Å². The highest BCUT2D eigenvalue weighted by Gasteiger charge is 2.28. The quantitative estimate of drug-likeness (QED) is 0.848. The molecule has 0 bridgehead atoms. The molecule has 0 heterocycles. The fraction of sp³-hybridized carbons (Fsp3) is 0.500. The summed E-state index contributed by atoms with van der Waals surface area (Å²) in [6.45, 7) is 1.92. The Balaban J connectivity index is 1.93. The molecule has 0 atom stereocenters. The molecule has 1 saturated carbocycles. The Morgan fingerprint density at radius 2 is 1.90 bits per heavy atom. The number of esters is 1. The monoisotopic (exact) mass is 353 g/mol. The van der Waals surface area contributed by atoms with Crippen molar-refractivity contribution in [1.82, 2.24) is 5.32 Å². The van der Waals surface area contributed by atoms with E-state index in [1.54, 1.807) is 0 Å². The van der Waals surface area contributed by atoms with Crippen molar-refractivity contribution in [1.29, 1.82) is 0 Å². The van der Waals surface area contributed by atoms with E-state index < -0.39 is 0 Å². The van der Waals surface area contributed by atoms with Crippen LogP contribution < -0.4 is 5.32 Å². The maximum Gasteiger partial charge on any atom is 0.308 e. The van der Waals surface area contributed by atoms with Gasteiger partial charge in [0.1, 0.15) is 0 Å². The Kier molecular flexibility index (Phi) is 5.39. The molecule has 1 aromatic rings. The van der Waals surface area contributed by atoms with Gasteiger partial charge in [0.2, 0.25) is 0 Å². The molecule has 4 nitrogen and oxygen atoms in total. The number of benzene rings is 1. The third kappa shape index (κ3) is 3.84. The number of methoxy groups -OCH3 is 1. The average molecular weight is 354 g/mol. The summed E-state index contributed by atoms with van der Waals surface area (Å²) >= 11 is 3.44. The molecule has 0 saturated heterocycles. The summed E-state index contributed by atoms with van der Waals surface area (Å²) in [6, 6.07) is 5.75. The van der Waals surface area contributed by atoms with Crippen molar-refractivity contribution in [2.75, 3.05) is 7.11 Å². The van der Waals surface area contributed by atoms with Gasteiger partial charge in [0.25, 0.3) is 5.91 Å². The number of amides is 1. The lowest BCUT2D eigenvalue weighted by molar-refractivity contribution is -0.146. The minimum atomic E-state index is -0.136. The zero-order valence-electron chi connectivity index (χ0n) is 12.3. The van der Waals surface area contributed by atoms with Crippen molar-refractivity contribution in [2.45, 2.75) is 38.6 Å². The van der Waals surface area contributed by atoms with Crippen LogP contribution in [0.5, 0.6) is 0 Å². The highest BCUT2D eigenvalue weighted by molar-refractivity contribution is 9.10. The molecule has 0 unspecified atom stereocenters. The molecule has 21 heavy (non-hydrogen) atoms. The van der Waals surface area contributed by atoms with Crippen molar-refractivity contribution >= 4 is 27.8 Å². The second-order valence-corrected chi connectivity index (χ2v) is 6.31. The first-order valence-electron chi connectivity index (χ1n) is 7.16. The van der Waals surface area contributed by atoms with E-state index in [9.17, 15) is 9.59 Å². The van der Waals surface area contributed by atoms with Gasteiger partial charge in [0, 0.05) is 16.1 Å². The number of carbonyl (C=O) groups is 2. The van der Waals surface area contributed by atoms with Crippen LogP contribution in [-0.4, -0.2) is 25.0 Å². The molecule has 0 aromatic heterocycles. The minimum absolute atomic E-state index is 0.0178. The number of hydrogen-bond acceptors (Lipinski definition) is 3. The number of nitrogens with one attached hydrogen (secondary N) is 1. The van der Waals surface area contributed by atoms with E-state index >= 15 is 0 Å². The summed E-state index contributed by atoms with van der Waals surface area (Å²) < 4.78 is 5.71. The Morgan fingerprint density at radius 1 is 1.24 bits per heavy atom. The van der Waals surface area contributed by atoms with Crippen LogP contribution in [0.1, 0.15) is 41.6 Å². The van der Waals surface area contributed by atoms with E-state index in [1.807, 2.05) is 25.1 Å². The predicted molar refractivity (Wildman–Crippen MR) is 84.1 cm³/mol. The maximum absolute atomic E-state index is 12.3. The number of halogens is 1. The van der Waals surface area contributed by atoms with E-state index in [1.165, 1.54) is 7.11 Å². The molecule has 1 fully saturated rings. The molecule has 114 valence electrons. The highest BCUT2D eigenvalue weighted by Crippen LogP contribution is 2.26. The summed E-state index contributed by atoms with van der Waals surface area (Å²) in [5, 5.41) is 3.07. The summed E-state index contributed by atoms with van der Waals surface area (Å²) in [7, 11) is 1.42. The molecule has 2 rings (SSSR count). The van der Waals surface area contributed by atoms with Crippen LogP contribution in [0.4, 0.5) is 0 Å². The van der Waals surface area contributed by atoms with Gasteiger partial charge in [-0.05, 0) is 50.3 Å². The molecule has 1 amide bonds. The molecule has 1 N–H and O–H groups in total. The van der Waals surface area contributed by atoms with E-state index in [4.69, 9.17) is 4.74 Å². The second kappa shape index (κ2) is 7.07. The zero-order valence-corrected chi connectivity index (χ0v) is 13.9. The SMILES string of the molecule is COC(=O)C1CCC(NC(=O)c2cccc(Br)c2C)CC1. The van der Waals surface area contributed by atoms with Crippen molar-refractivity contribution in [2.24, 2.45) is 5.92 Å². The van der Waals surface area contributed by atoms with E-state index in [-0.39, 0.29) is 23.8 Å². The van der Waals surface area contributed by atoms with Crippen LogP contribution in [0.2, 0.25) is 0 Å². The third-order valence-corrected chi connectivity index (χ3v) is 4.97. The van der Waals surface area contributed by atoms with E-state index in [0.29, 0.717) is 5.56 Å². The summed E-state index contributed by atoms with van der Waals surface area (Å²) in [5.41, 5.74) is 1.64. The standard InChI is InChI=1S/C16H20BrNO3/c1-10-13(4-3-5-14(10)17)15(19)18-12-8-6-11(7-9-12)16(20)21-2/h3-5,11-12H,6-9H2,1-2H3,(H,18,19). The highest BCUT2D eigenvalue weighted by atomic mass is 79.9. The van der Waals surface area contributed by atoms with Crippen LogP contribution >= 0.6 is 15.9 Å². The van der Waals surface area contributed by atoms with Gasteiger partial charge in [0.05, 0.1) is 13.0 Å². The van der Waals surface area contributed by atoms with Gasteiger partial charge in [-0.3, -0.25) is 9.59 Å². The Morgan fingerprint density at radius 3 is 2.52 bits per heavy atom. The Hall–Kier alpha value is -1.36. The first-order chi connectivity index (χ1) is 10.0. The average Bonchev–Trinajstić information content (AvgIpc) is 2.50. The van der Waals surface area contributed by atoms with Crippen molar-refractivity contribution in [3.8, 4) is 0 Å². The van der Waals surface area contributed by atoms with E-state index in [2.05, 4.69) is 21.2 Å². The van der Waals surface area contributed by atoms with Gasteiger partial charge in [-0.25, -0.2) is 0 Å². The van der Waals surface area contributed by atoms with Crippen LogP contribution in [0, 0.1) is 12.8 Å². The summed E-state index contributed by atoms with van der Waals surface area (Å²) in [5.74, 6) is -0.200. The van der Waals surface area contributed by atoms with Gasteiger partial charge < -0.3 is 10.1 Å². The lowest BCUT2D eigenvalue weighted by Crippen LogP contribution is -2.39. The number of ether oxygens (including phenoxy) is 1. The summed E-state index contributed by atoms with van der Waals surface area (Å²) in [4.78, 5) is 23.8. The maximum atomic E-state index is 12.3. The first kappa shape index (κ1) is 16.0. The number of rotatable bonds is 3. The number of hydrogen-bond donors (Lipinski definition) is 1. The van der Waals surface area contributed by atoms with Gasteiger partial charge in [-0.1, -0.05) is 22.0 Å². The topological polar surface area (TPSA) is 55.4 Å². The normalized spacial score (nSPS) is 21.7. The fourth-order valence-corrected chi connectivity index (χ4v) is 3.12. The van der Waals surface area contributed by atoms with E-state index in [0.717, 1.165) is 35.7 Å². The molecule has 1 aliphatic rings. The summed E-state index contributed by atoms with van der Waals surface area (Å²) in [6.07, 6.45) is 3.18. The smallest absolute Gasteiger partial charge is 0.308 e. The van der Waals surface area contributed by atoms with Crippen LogP contribution in [0.3, 0.4) is 0 Å². The van der Waals surface area contributed by atoms with Gasteiger partial charge >= 0.3 is 5.97 Å². The third-order valence-electron chi connectivity index (χ3n) is 4.11. The second-order valence-electron chi connectivity index (χ2n) is 5.46. The molecule has 1 aliphatic carbocycles. The predicted octanol–water partition coefficient (Wildman–Crippen LogP) is 3.22. The fourth-order valence-electron chi connectivity index (χ4n) is 2.76. The first-order valence-corrected chi connectivity index (χ1v) is 7.96. The Labute approximate surface area is 133 Å². The van der Waals surface area contributed by atoms with Crippen LogP contribution in [0.15, 0.2) is 22.7 Å². The van der Waals surface area contributed by atoms with Crippen molar-refractivity contribution < 1.29 is 14.3 Å². The van der Waals surface area contributed by atoms with Crippen LogP contribution in [-0.2, 0) is 9.53 Å². The van der Waals surface area contributed by atoms with Crippen molar-refractivity contribution in [3.63, 3.8) is 0 Å². The zero-order chi connectivity index (χ0) is 15.4. The minimum Gasteiger partial charge on any atom is -0.469 e. The largest absolute Gasteiger partial charge is 0.469 e. The van der Waals surface area contributed by atoms with Gasteiger partial charge in [-0.2, -0.15) is 0 Å². The van der Waals surface area contributed by atoms with Crippen molar-refractivity contribution in [3.05, 3.63) is 33.8 Å². The lowest BCUT2D eigenvalue weighted by Gasteiger charge is -2.27. The Bertz CT molecular complexity index is 536. The lowest BCUT2D eigenvalue weighted by atomic mass is 9.86. The molecular weight excluding hydrogens is 334 g/mol. The molecule has 0 aliphatic heterocycles.